The minimum Gasteiger partial charge on any atom is -0.496 e. The molecule has 2 rings (SSSR count). The molecule has 0 amide bonds. The summed E-state index contributed by atoms with van der Waals surface area (Å²) < 4.78 is 7.40. The Bertz CT molecular complexity index is 508. The van der Waals surface area contributed by atoms with Gasteiger partial charge in [0.1, 0.15) is 5.75 Å². The Balaban J connectivity index is 2.36. The Labute approximate surface area is 117 Å². The van der Waals surface area contributed by atoms with E-state index in [1.807, 2.05) is 22.3 Å². The highest BCUT2D eigenvalue weighted by Gasteiger charge is 2.22. The molecule has 0 aliphatic rings. The molecular weight excluding hydrogens is 260 g/mol. The summed E-state index contributed by atoms with van der Waals surface area (Å²) in [7, 11) is 1.70. The average Bonchev–Trinajstić information content (AvgIpc) is 3.05. The molecule has 0 saturated heterocycles. The molecule has 0 aliphatic carbocycles. The molecule has 0 fully saturated rings. The zero-order chi connectivity index (χ0) is 13.7. The van der Waals surface area contributed by atoms with E-state index in [0.29, 0.717) is 0 Å². The number of nitrogens with one attached hydrogen (secondary N) is 1. The molecule has 1 N–H and O–H groups in total. The second-order valence-electron chi connectivity index (χ2n) is 4.23. The smallest absolute Gasteiger partial charge is 0.134 e. The van der Waals surface area contributed by atoms with Gasteiger partial charge in [-0.1, -0.05) is 19.1 Å². The summed E-state index contributed by atoms with van der Waals surface area (Å²) in [4.78, 5) is 1.17. The maximum absolute atomic E-state index is 5.43. The van der Waals surface area contributed by atoms with Crippen LogP contribution in [0.3, 0.4) is 0 Å². The van der Waals surface area contributed by atoms with E-state index in [1.54, 1.807) is 18.4 Å². The third kappa shape index (κ3) is 2.96. The molecular formula is C13H20N4OS. The highest BCUT2D eigenvalue weighted by molar-refractivity contribution is 7.10. The predicted molar refractivity (Wildman–Crippen MR) is 76.7 cm³/mol. The van der Waals surface area contributed by atoms with Crippen molar-refractivity contribution in [2.24, 2.45) is 0 Å². The van der Waals surface area contributed by atoms with Gasteiger partial charge in [0.05, 0.1) is 29.9 Å². The monoisotopic (exact) mass is 280 g/mol. The lowest BCUT2D eigenvalue weighted by Gasteiger charge is -2.18. The number of aromatic nitrogens is 3. The molecule has 6 heteroatoms. The second kappa shape index (κ2) is 6.68. The van der Waals surface area contributed by atoms with Crippen LogP contribution in [0.15, 0.2) is 17.6 Å². The van der Waals surface area contributed by atoms with Crippen molar-refractivity contribution in [1.82, 2.24) is 20.3 Å². The van der Waals surface area contributed by atoms with Crippen molar-refractivity contribution in [1.29, 1.82) is 0 Å². The molecule has 2 aromatic rings. The van der Waals surface area contributed by atoms with Crippen LogP contribution in [0, 0.1) is 0 Å². The van der Waals surface area contributed by atoms with Crippen LogP contribution in [0.4, 0.5) is 0 Å². The average molecular weight is 280 g/mol. The molecule has 5 nitrogen and oxygen atoms in total. The molecule has 1 unspecified atom stereocenters. The summed E-state index contributed by atoms with van der Waals surface area (Å²) in [6, 6.07) is 2.08. The molecule has 2 heterocycles. The number of nitrogens with zero attached hydrogens (tertiary/aromatic N) is 3. The van der Waals surface area contributed by atoms with Gasteiger partial charge >= 0.3 is 0 Å². The molecule has 2 aromatic heterocycles. The lowest BCUT2D eigenvalue weighted by atomic mass is 10.1. The molecule has 104 valence electrons. The van der Waals surface area contributed by atoms with E-state index in [0.717, 1.165) is 31.0 Å². The number of rotatable bonds is 7. The topological polar surface area (TPSA) is 52.0 Å². The lowest BCUT2D eigenvalue weighted by Crippen LogP contribution is -2.24. The first-order valence-electron chi connectivity index (χ1n) is 6.54. The first-order valence-corrected chi connectivity index (χ1v) is 7.42. The lowest BCUT2D eigenvalue weighted by molar-refractivity contribution is 0.405. The summed E-state index contributed by atoms with van der Waals surface area (Å²) in [5.74, 6) is 0.917. The van der Waals surface area contributed by atoms with Gasteiger partial charge in [-0.25, -0.2) is 4.68 Å². The van der Waals surface area contributed by atoms with Crippen molar-refractivity contribution in [2.75, 3.05) is 13.7 Å². The fraction of sp³-hybridized carbons (Fsp3) is 0.538. The minimum atomic E-state index is 0.0847. The zero-order valence-electron chi connectivity index (χ0n) is 11.6. The van der Waals surface area contributed by atoms with E-state index in [4.69, 9.17) is 4.74 Å². The molecule has 1 atom stereocenters. The van der Waals surface area contributed by atoms with Gasteiger partial charge in [0.15, 0.2) is 0 Å². The van der Waals surface area contributed by atoms with Crippen LogP contribution in [0.1, 0.15) is 36.9 Å². The van der Waals surface area contributed by atoms with Crippen LogP contribution >= 0.6 is 11.3 Å². The second-order valence-corrected chi connectivity index (χ2v) is 5.17. The van der Waals surface area contributed by atoms with Crippen LogP contribution in [0.2, 0.25) is 0 Å². The van der Waals surface area contributed by atoms with Crippen molar-refractivity contribution < 1.29 is 4.74 Å². The number of hydrogen-bond acceptors (Lipinski definition) is 5. The first kappa shape index (κ1) is 14.0. The van der Waals surface area contributed by atoms with Crippen LogP contribution in [-0.2, 0) is 6.54 Å². The van der Waals surface area contributed by atoms with E-state index >= 15 is 0 Å². The Morgan fingerprint density at radius 3 is 3.00 bits per heavy atom. The maximum atomic E-state index is 5.43. The summed E-state index contributed by atoms with van der Waals surface area (Å²) >= 11 is 1.69. The Kier molecular flexibility index (Phi) is 4.93. The van der Waals surface area contributed by atoms with Crippen LogP contribution < -0.4 is 10.1 Å². The first-order chi connectivity index (χ1) is 9.31. The number of methoxy groups -OCH3 is 1. The maximum Gasteiger partial charge on any atom is 0.134 e. The van der Waals surface area contributed by atoms with E-state index in [9.17, 15) is 0 Å². The minimum absolute atomic E-state index is 0.0847. The highest BCUT2D eigenvalue weighted by Crippen LogP contribution is 2.34. The van der Waals surface area contributed by atoms with Gasteiger partial charge in [-0.2, -0.15) is 0 Å². The predicted octanol–water partition coefficient (Wildman–Crippen LogP) is 2.46. The van der Waals surface area contributed by atoms with Gasteiger partial charge in [-0.3, -0.25) is 0 Å². The summed E-state index contributed by atoms with van der Waals surface area (Å²) in [5.41, 5.74) is 1.09. The van der Waals surface area contributed by atoms with Gasteiger partial charge in [0, 0.05) is 6.54 Å². The van der Waals surface area contributed by atoms with Crippen molar-refractivity contribution in [2.45, 2.75) is 32.9 Å². The Hall–Kier alpha value is -1.40. The van der Waals surface area contributed by atoms with Gasteiger partial charge < -0.3 is 10.1 Å². The quantitative estimate of drug-likeness (QED) is 0.846. The SMILES string of the molecule is CCCn1nncc1C(NCC)c1sccc1OC. The third-order valence-corrected chi connectivity index (χ3v) is 3.89. The molecule has 0 bridgehead atoms. The van der Waals surface area contributed by atoms with Gasteiger partial charge in [-0.15, -0.1) is 16.4 Å². The standard InChI is InChI=1S/C13H20N4OS/c1-4-7-17-10(9-15-16-17)12(14-5-2)13-11(18-3)6-8-19-13/h6,8-9,12,14H,4-5,7H2,1-3H3. The largest absolute Gasteiger partial charge is 0.496 e. The number of hydrogen-bond donors (Lipinski definition) is 1. The van der Waals surface area contributed by atoms with Gasteiger partial charge in [-0.05, 0) is 24.4 Å². The van der Waals surface area contributed by atoms with Crippen molar-refractivity contribution in [3.05, 3.63) is 28.2 Å². The van der Waals surface area contributed by atoms with Crippen LogP contribution in [0.25, 0.3) is 0 Å². The Morgan fingerprint density at radius 1 is 1.47 bits per heavy atom. The highest BCUT2D eigenvalue weighted by atomic mass is 32.1. The molecule has 0 radical (unpaired) electrons. The normalized spacial score (nSPS) is 12.6. The molecule has 0 aliphatic heterocycles. The molecule has 0 spiro atoms. The fourth-order valence-corrected chi connectivity index (χ4v) is 3.04. The number of thiophene rings is 1. The molecule has 19 heavy (non-hydrogen) atoms. The third-order valence-electron chi connectivity index (χ3n) is 2.93. The van der Waals surface area contributed by atoms with Crippen molar-refractivity contribution in [3.8, 4) is 5.75 Å². The molecule has 0 saturated carbocycles. The molecule has 0 aromatic carbocycles. The van der Waals surface area contributed by atoms with Crippen molar-refractivity contribution >= 4 is 11.3 Å². The fourth-order valence-electron chi connectivity index (χ4n) is 2.10. The van der Waals surface area contributed by atoms with Gasteiger partial charge in [0.2, 0.25) is 0 Å². The number of aryl methyl sites for hydroxylation is 1. The van der Waals surface area contributed by atoms with Gasteiger partial charge in [0.25, 0.3) is 0 Å². The summed E-state index contributed by atoms with van der Waals surface area (Å²) in [6.45, 7) is 5.99. The van der Waals surface area contributed by atoms with Crippen LogP contribution in [0.5, 0.6) is 5.75 Å². The Morgan fingerprint density at radius 2 is 2.32 bits per heavy atom. The number of ether oxygens (including phenoxy) is 1. The van der Waals surface area contributed by atoms with E-state index in [2.05, 4.69) is 29.5 Å². The summed E-state index contributed by atoms with van der Waals surface area (Å²) in [6.07, 6.45) is 2.87. The van der Waals surface area contributed by atoms with E-state index in [-0.39, 0.29) is 6.04 Å². The van der Waals surface area contributed by atoms with Crippen molar-refractivity contribution in [3.63, 3.8) is 0 Å². The zero-order valence-corrected chi connectivity index (χ0v) is 12.4. The van der Waals surface area contributed by atoms with E-state index < -0.39 is 0 Å². The summed E-state index contributed by atoms with van der Waals surface area (Å²) in [5, 5.41) is 13.7. The van der Waals surface area contributed by atoms with Crippen LogP contribution in [-0.4, -0.2) is 28.6 Å². The van der Waals surface area contributed by atoms with E-state index in [1.165, 1.54) is 4.88 Å².